The number of nitrogen functional groups attached to an aromatic ring is 1. The molecular formula is C29H30N4O5. The normalized spacial score (nSPS) is 16.7. The predicted octanol–water partition coefficient (Wildman–Crippen LogP) is 3.62. The number of amides is 1. The lowest BCUT2D eigenvalue weighted by atomic mass is 9.86. The van der Waals surface area contributed by atoms with Crippen LogP contribution in [0.15, 0.2) is 52.1 Å². The maximum Gasteiger partial charge on any atom is 0.337 e. The number of aromatic nitrogens is 2. The van der Waals surface area contributed by atoms with Crippen molar-refractivity contribution in [2.24, 2.45) is 7.05 Å². The van der Waals surface area contributed by atoms with Crippen molar-refractivity contribution in [3.63, 3.8) is 0 Å². The fourth-order valence-electron chi connectivity index (χ4n) is 5.14. The van der Waals surface area contributed by atoms with Crippen LogP contribution in [0, 0.1) is 20.8 Å². The van der Waals surface area contributed by atoms with Gasteiger partial charge in [-0.3, -0.25) is 14.2 Å². The molecule has 0 saturated carbocycles. The van der Waals surface area contributed by atoms with E-state index < -0.39 is 22.8 Å². The van der Waals surface area contributed by atoms with Gasteiger partial charge in [-0.2, -0.15) is 0 Å². The average Bonchev–Trinajstić information content (AvgIpc) is 2.92. The maximum atomic E-state index is 13.6. The van der Waals surface area contributed by atoms with Crippen LogP contribution in [-0.2, 0) is 18.3 Å². The van der Waals surface area contributed by atoms with Crippen molar-refractivity contribution in [3.8, 4) is 17.2 Å². The van der Waals surface area contributed by atoms with Crippen LogP contribution < -0.4 is 27.0 Å². The summed E-state index contributed by atoms with van der Waals surface area (Å²) in [4.78, 5) is 40.0. The molecule has 1 aromatic heterocycles. The van der Waals surface area contributed by atoms with Crippen molar-refractivity contribution in [1.29, 1.82) is 0 Å². The van der Waals surface area contributed by atoms with E-state index in [4.69, 9.17) is 10.5 Å². The number of nitrogens with zero attached hydrogens (tertiary/aromatic N) is 2. The number of carbonyl (C=O) groups is 1. The highest BCUT2D eigenvalue weighted by molar-refractivity contribution is 5.99. The second-order valence-corrected chi connectivity index (χ2v) is 10.1. The Balaban J connectivity index is 1.59. The Morgan fingerprint density at radius 3 is 2.47 bits per heavy atom. The van der Waals surface area contributed by atoms with E-state index in [0.717, 1.165) is 32.0 Å². The molecule has 1 aliphatic rings. The molecule has 0 bridgehead atoms. The molecule has 3 aromatic carbocycles. The van der Waals surface area contributed by atoms with Crippen LogP contribution in [-0.4, -0.2) is 25.7 Å². The summed E-state index contributed by atoms with van der Waals surface area (Å²) in [6, 6.07) is 13.0. The van der Waals surface area contributed by atoms with Crippen LogP contribution in [0.5, 0.6) is 11.5 Å². The molecule has 1 atom stereocenters. The third kappa shape index (κ3) is 3.65. The Morgan fingerprint density at radius 1 is 1.05 bits per heavy atom. The predicted molar refractivity (Wildman–Crippen MR) is 147 cm³/mol. The summed E-state index contributed by atoms with van der Waals surface area (Å²) in [5.41, 5.74) is 7.08. The van der Waals surface area contributed by atoms with Crippen molar-refractivity contribution in [1.82, 2.24) is 9.13 Å². The first kappa shape index (κ1) is 25.1. The number of rotatable bonds is 3. The number of phenolic OH excluding ortho intramolecular Hbond substituents is 1. The Hall–Kier alpha value is -4.53. The van der Waals surface area contributed by atoms with Crippen LogP contribution in [0.3, 0.4) is 0 Å². The minimum Gasteiger partial charge on any atom is -0.507 e. The summed E-state index contributed by atoms with van der Waals surface area (Å²) < 4.78 is 8.42. The summed E-state index contributed by atoms with van der Waals surface area (Å²) in [5.74, 6) is 0.0569. The lowest BCUT2D eigenvalue weighted by Gasteiger charge is -2.36. The summed E-state index contributed by atoms with van der Waals surface area (Å²) in [6.45, 7) is 7.12. The molecule has 1 aliphatic heterocycles. The van der Waals surface area contributed by atoms with Gasteiger partial charge in [0.15, 0.2) is 5.60 Å². The van der Waals surface area contributed by atoms with E-state index >= 15 is 0 Å². The van der Waals surface area contributed by atoms with Crippen LogP contribution in [0.4, 0.5) is 11.5 Å². The van der Waals surface area contributed by atoms with Crippen molar-refractivity contribution in [2.45, 2.75) is 46.1 Å². The highest BCUT2D eigenvalue weighted by Crippen LogP contribution is 2.43. The minimum atomic E-state index is -1.31. The lowest BCUT2D eigenvalue weighted by Crippen LogP contribution is -2.50. The van der Waals surface area contributed by atoms with Gasteiger partial charge in [0.25, 0.3) is 11.5 Å². The first-order valence-electron chi connectivity index (χ1n) is 12.4. The smallest absolute Gasteiger partial charge is 0.337 e. The first-order chi connectivity index (χ1) is 18.0. The van der Waals surface area contributed by atoms with Crippen molar-refractivity contribution in [2.75, 3.05) is 11.1 Å². The number of nitrogens with one attached hydrogen (secondary N) is 1. The van der Waals surface area contributed by atoms with Crippen molar-refractivity contribution in [3.05, 3.63) is 85.6 Å². The molecule has 4 aromatic rings. The number of hydrogen-bond acceptors (Lipinski definition) is 6. The lowest BCUT2D eigenvalue weighted by molar-refractivity contribution is -0.131. The number of aromatic hydroxyl groups is 1. The molecule has 0 radical (unpaired) electrons. The highest BCUT2D eigenvalue weighted by Gasteiger charge is 2.41. The largest absolute Gasteiger partial charge is 0.507 e. The molecule has 4 N–H and O–H groups in total. The zero-order chi connectivity index (χ0) is 27.5. The number of carbonyl (C=O) groups excluding carboxylic acids is 1. The number of phenols is 1. The number of benzene rings is 3. The van der Waals surface area contributed by atoms with E-state index in [1.165, 1.54) is 11.6 Å². The number of fused-ring (bicyclic) bond motifs is 2. The maximum absolute atomic E-state index is 13.6. The standard InChI is InChI=1S/C29H30N4O5/c1-15-16(2)24-19(17(3)23(15)34)13-14-29(4,38-24)27(36)31-22-25(30)33(28(37)32(5)26(22)35)21-12-8-10-18-9-6-7-11-20(18)21/h6-12,34H,13-14,30H2,1-5H3,(H,31,36). The Morgan fingerprint density at radius 2 is 1.74 bits per heavy atom. The second-order valence-electron chi connectivity index (χ2n) is 10.1. The van der Waals surface area contributed by atoms with E-state index in [-0.39, 0.29) is 17.3 Å². The average molecular weight is 515 g/mol. The third-order valence-corrected chi connectivity index (χ3v) is 7.74. The fraction of sp³-hybridized carbons (Fsp3) is 0.276. The van der Waals surface area contributed by atoms with E-state index in [1.54, 1.807) is 26.0 Å². The molecule has 9 nitrogen and oxygen atoms in total. The highest BCUT2D eigenvalue weighted by atomic mass is 16.5. The minimum absolute atomic E-state index is 0.171. The first-order valence-corrected chi connectivity index (χ1v) is 12.4. The van der Waals surface area contributed by atoms with Crippen LogP contribution >= 0.6 is 0 Å². The van der Waals surface area contributed by atoms with Gasteiger partial charge in [0.05, 0.1) is 5.69 Å². The Labute approximate surface area is 219 Å². The van der Waals surface area contributed by atoms with Gasteiger partial charge in [0.1, 0.15) is 23.0 Å². The number of ether oxygens (including phenoxy) is 1. The molecular weight excluding hydrogens is 484 g/mol. The summed E-state index contributed by atoms with van der Waals surface area (Å²) in [5, 5.41) is 14.8. The molecule has 0 spiro atoms. The molecule has 0 fully saturated rings. The van der Waals surface area contributed by atoms with Gasteiger partial charge in [0.2, 0.25) is 0 Å². The molecule has 9 heteroatoms. The Bertz CT molecular complexity index is 1760. The molecule has 38 heavy (non-hydrogen) atoms. The van der Waals surface area contributed by atoms with Gasteiger partial charge in [0, 0.05) is 24.4 Å². The van der Waals surface area contributed by atoms with E-state index in [2.05, 4.69) is 5.32 Å². The van der Waals surface area contributed by atoms with Crippen molar-refractivity contribution >= 4 is 28.2 Å². The van der Waals surface area contributed by atoms with Gasteiger partial charge < -0.3 is 20.9 Å². The van der Waals surface area contributed by atoms with Gasteiger partial charge >= 0.3 is 5.69 Å². The molecule has 0 aliphatic carbocycles. The number of hydrogen-bond donors (Lipinski definition) is 3. The van der Waals surface area contributed by atoms with E-state index in [9.17, 15) is 19.5 Å². The van der Waals surface area contributed by atoms with Gasteiger partial charge in [-0.15, -0.1) is 0 Å². The molecule has 5 rings (SSSR count). The van der Waals surface area contributed by atoms with Crippen LogP contribution in [0.1, 0.15) is 35.6 Å². The third-order valence-electron chi connectivity index (χ3n) is 7.74. The quantitative estimate of drug-likeness (QED) is 0.383. The molecule has 1 unspecified atom stereocenters. The topological polar surface area (TPSA) is 129 Å². The molecule has 1 amide bonds. The van der Waals surface area contributed by atoms with Gasteiger partial charge in [-0.1, -0.05) is 36.4 Å². The molecule has 0 saturated heterocycles. The van der Waals surface area contributed by atoms with Crippen LogP contribution in [0.2, 0.25) is 0 Å². The Kier molecular flexibility index (Phi) is 5.82. The van der Waals surface area contributed by atoms with Crippen LogP contribution in [0.25, 0.3) is 16.5 Å². The summed E-state index contributed by atoms with van der Waals surface area (Å²) in [6.07, 6.45) is 0.820. The molecule has 196 valence electrons. The van der Waals surface area contributed by atoms with Gasteiger partial charge in [-0.25, -0.2) is 9.36 Å². The second kappa shape index (κ2) is 8.79. The van der Waals surface area contributed by atoms with E-state index in [1.807, 2.05) is 44.2 Å². The van der Waals surface area contributed by atoms with E-state index in [0.29, 0.717) is 29.8 Å². The zero-order valence-electron chi connectivity index (χ0n) is 22.0. The monoisotopic (exact) mass is 514 g/mol. The summed E-state index contributed by atoms with van der Waals surface area (Å²) >= 11 is 0. The number of nitrogens with two attached hydrogens (primary N) is 1. The van der Waals surface area contributed by atoms with Gasteiger partial charge in [-0.05, 0) is 62.3 Å². The zero-order valence-corrected chi connectivity index (χ0v) is 22.0. The summed E-state index contributed by atoms with van der Waals surface area (Å²) in [7, 11) is 1.35. The SMILES string of the molecule is Cc1c(C)c2c(c(C)c1O)CCC(C)(C(=O)Nc1c(N)n(-c3cccc4ccccc34)c(=O)n(C)c1=O)O2. The molecule has 2 heterocycles. The fourth-order valence-corrected chi connectivity index (χ4v) is 5.14. The van der Waals surface area contributed by atoms with Crippen molar-refractivity contribution < 1.29 is 14.6 Å². The number of anilines is 2.